The van der Waals surface area contributed by atoms with E-state index in [1.54, 1.807) is 0 Å². The van der Waals surface area contributed by atoms with Crippen molar-refractivity contribution in [3.05, 3.63) is 0 Å². The van der Waals surface area contributed by atoms with Gasteiger partial charge in [0, 0.05) is 12.6 Å². The monoisotopic (exact) mass is 224 g/mol. The first kappa shape index (κ1) is 12.4. The van der Waals surface area contributed by atoms with E-state index in [4.69, 9.17) is 0 Å². The Bertz CT molecular complexity index is 199. The first-order chi connectivity index (χ1) is 7.75. The molecule has 2 unspecified atom stereocenters. The summed E-state index contributed by atoms with van der Waals surface area (Å²) in [6.07, 6.45) is 8.70. The minimum Gasteiger partial charge on any atom is -0.314 e. The summed E-state index contributed by atoms with van der Waals surface area (Å²) in [5.74, 6) is 1.85. The van der Waals surface area contributed by atoms with Gasteiger partial charge in [-0.15, -0.1) is 0 Å². The smallest absolute Gasteiger partial charge is 0.00671 e. The van der Waals surface area contributed by atoms with Crippen molar-refractivity contribution < 1.29 is 0 Å². The van der Waals surface area contributed by atoms with Crippen LogP contribution in [0, 0.1) is 11.8 Å². The molecule has 1 saturated carbocycles. The van der Waals surface area contributed by atoms with Gasteiger partial charge < -0.3 is 10.2 Å². The molecule has 0 spiro atoms. The third-order valence-corrected chi connectivity index (χ3v) is 4.57. The Morgan fingerprint density at radius 2 is 1.94 bits per heavy atom. The summed E-state index contributed by atoms with van der Waals surface area (Å²) in [5, 5.41) is 3.79. The highest BCUT2D eigenvalue weighted by Gasteiger charge is 2.23. The number of likely N-dealkylation sites (tertiary alicyclic amines) is 1. The topological polar surface area (TPSA) is 15.3 Å². The second kappa shape index (κ2) is 6.02. The average Bonchev–Trinajstić information content (AvgIpc) is 2.73. The Morgan fingerprint density at radius 3 is 2.56 bits per heavy atom. The molecule has 1 aliphatic heterocycles. The molecule has 0 aromatic carbocycles. The Balaban J connectivity index is 1.64. The molecule has 1 aliphatic carbocycles. The Morgan fingerprint density at radius 1 is 1.19 bits per heavy atom. The molecule has 2 fully saturated rings. The van der Waals surface area contributed by atoms with Crippen LogP contribution in [0.1, 0.15) is 45.4 Å². The highest BCUT2D eigenvalue weighted by atomic mass is 15.1. The van der Waals surface area contributed by atoms with Crippen molar-refractivity contribution in [1.82, 2.24) is 10.2 Å². The van der Waals surface area contributed by atoms with Crippen molar-refractivity contribution in [2.75, 3.05) is 26.7 Å². The summed E-state index contributed by atoms with van der Waals surface area (Å²) < 4.78 is 0. The molecule has 2 rings (SSSR count). The molecule has 1 N–H and O–H groups in total. The van der Waals surface area contributed by atoms with E-state index in [-0.39, 0.29) is 0 Å². The third kappa shape index (κ3) is 3.46. The normalized spacial score (nSPS) is 30.8. The van der Waals surface area contributed by atoms with E-state index < -0.39 is 0 Å². The van der Waals surface area contributed by atoms with Gasteiger partial charge in [-0.25, -0.2) is 0 Å². The fourth-order valence-corrected chi connectivity index (χ4v) is 3.35. The lowest BCUT2D eigenvalue weighted by atomic mass is 9.84. The molecule has 1 heterocycles. The van der Waals surface area contributed by atoms with Gasteiger partial charge in [0.2, 0.25) is 0 Å². The molecule has 1 saturated heterocycles. The molecule has 0 bridgehead atoms. The molecule has 0 amide bonds. The number of hydrogen-bond acceptors (Lipinski definition) is 2. The van der Waals surface area contributed by atoms with Crippen molar-refractivity contribution >= 4 is 0 Å². The zero-order chi connectivity index (χ0) is 11.4. The summed E-state index contributed by atoms with van der Waals surface area (Å²) in [4.78, 5) is 2.46. The van der Waals surface area contributed by atoms with Crippen LogP contribution in [0.15, 0.2) is 0 Å². The van der Waals surface area contributed by atoms with E-state index >= 15 is 0 Å². The van der Waals surface area contributed by atoms with Crippen LogP contribution in [0.5, 0.6) is 0 Å². The first-order valence-electron chi connectivity index (χ1n) is 7.17. The molecular weight excluding hydrogens is 196 g/mol. The van der Waals surface area contributed by atoms with Crippen molar-refractivity contribution in [3.63, 3.8) is 0 Å². The summed E-state index contributed by atoms with van der Waals surface area (Å²) in [6, 6.07) is 0.742. The largest absolute Gasteiger partial charge is 0.314 e. The van der Waals surface area contributed by atoms with Crippen molar-refractivity contribution in [3.8, 4) is 0 Å². The zero-order valence-corrected chi connectivity index (χ0v) is 11.0. The lowest BCUT2D eigenvalue weighted by molar-refractivity contribution is 0.271. The van der Waals surface area contributed by atoms with Crippen LogP contribution < -0.4 is 5.32 Å². The second-order valence-corrected chi connectivity index (χ2v) is 6.01. The maximum atomic E-state index is 3.79. The summed E-state index contributed by atoms with van der Waals surface area (Å²) in [7, 11) is 2.24. The van der Waals surface area contributed by atoms with Crippen LogP contribution >= 0.6 is 0 Å². The van der Waals surface area contributed by atoms with Crippen LogP contribution in [-0.2, 0) is 0 Å². The number of nitrogens with zero attached hydrogens (tertiary/aromatic N) is 1. The maximum absolute atomic E-state index is 3.79. The predicted molar refractivity (Wildman–Crippen MR) is 69.6 cm³/mol. The van der Waals surface area contributed by atoms with E-state index in [0.29, 0.717) is 0 Å². The lowest BCUT2D eigenvalue weighted by Crippen LogP contribution is -2.38. The minimum atomic E-state index is 0.742. The van der Waals surface area contributed by atoms with Crippen LogP contribution in [0.2, 0.25) is 0 Å². The van der Waals surface area contributed by atoms with Gasteiger partial charge in [-0.1, -0.05) is 19.3 Å². The van der Waals surface area contributed by atoms with Gasteiger partial charge in [0.15, 0.2) is 0 Å². The van der Waals surface area contributed by atoms with E-state index in [0.717, 1.165) is 17.9 Å². The molecule has 2 atom stereocenters. The van der Waals surface area contributed by atoms with Gasteiger partial charge >= 0.3 is 0 Å². The van der Waals surface area contributed by atoms with Gasteiger partial charge in [0.25, 0.3) is 0 Å². The molecule has 0 aromatic rings. The second-order valence-electron chi connectivity index (χ2n) is 6.01. The third-order valence-electron chi connectivity index (χ3n) is 4.57. The van der Waals surface area contributed by atoms with Crippen molar-refractivity contribution in [2.24, 2.45) is 11.8 Å². The molecule has 16 heavy (non-hydrogen) atoms. The molecule has 0 radical (unpaired) electrons. The Kier molecular flexibility index (Phi) is 4.66. The summed E-state index contributed by atoms with van der Waals surface area (Å²) in [5.41, 5.74) is 0. The number of hydrogen-bond donors (Lipinski definition) is 1. The number of nitrogens with one attached hydrogen (secondary N) is 1. The van der Waals surface area contributed by atoms with Crippen LogP contribution in [-0.4, -0.2) is 37.6 Å². The van der Waals surface area contributed by atoms with Gasteiger partial charge in [-0.3, -0.25) is 0 Å². The van der Waals surface area contributed by atoms with Gasteiger partial charge in [0.1, 0.15) is 0 Å². The molecule has 0 aromatic heterocycles. The van der Waals surface area contributed by atoms with E-state index in [9.17, 15) is 0 Å². The Hall–Kier alpha value is -0.0800. The minimum absolute atomic E-state index is 0.742. The molecule has 2 nitrogen and oxygen atoms in total. The molecular formula is C14H28N2. The van der Waals surface area contributed by atoms with Gasteiger partial charge in [-0.2, -0.15) is 0 Å². The Labute approximate surface area is 101 Å². The first-order valence-corrected chi connectivity index (χ1v) is 7.17. The van der Waals surface area contributed by atoms with Gasteiger partial charge in [-0.05, 0) is 58.2 Å². The number of rotatable bonds is 4. The van der Waals surface area contributed by atoms with E-state index in [2.05, 4.69) is 24.2 Å². The van der Waals surface area contributed by atoms with Crippen LogP contribution in [0.4, 0.5) is 0 Å². The maximum Gasteiger partial charge on any atom is 0.00671 e. The quantitative estimate of drug-likeness (QED) is 0.789. The SMILES string of the molecule is CC(NCC1CCN(C)C1)C1CCCCC1. The van der Waals surface area contributed by atoms with Crippen LogP contribution in [0.25, 0.3) is 0 Å². The standard InChI is InChI=1S/C14H28N2/c1-12(14-6-4-3-5-7-14)15-10-13-8-9-16(2)11-13/h12-15H,3-11H2,1-2H3. The highest BCUT2D eigenvalue weighted by Crippen LogP contribution is 2.26. The van der Waals surface area contributed by atoms with Crippen LogP contribution in [0.3, 0.4) is 0 Å². The van der Waals surface area contributed by atoms with E-state index in [1.807, 2.05) is 0 Å². The molecule has 94 valence electrons. The predicted octanol–water partition coefficient (Wildman–Crippen LogP) is 2.50. The summed E-state index contributed by atoms with van der Waals surface area (Å²) >= 11 is 0. The highest BCUT2D eigenvalue weighted by molar-refractivity contribution is 4.80. The summed E-state index contributed by atoms with van der Waals surface area (Å²) in [6.45, 7) is 6.23. The van der Waals surface area contributed by atoms with E-state index in [1.165, 1.54) is 58.2 Å². The molecule has 2 heteroatoms. The molecule has 2 aliphatic rings. The fraction of sp³-hybridized carbons (Fsp3) is 1.00. The average molecular weight is 224 g/mol. The van der Waals surface area contributed by atoms with Crippen molar-refractivity contribution in [2.45, 2.75) is 51.5 Å². The fourth-order valence-electron chi connectivity index (χ4n) is 3.35. The van der Waals surface area contributed by atoms with Gasteiger partial charge in [0.05, 0.1) is 0 Å². The van der Waals surface area contributed by atoms with Crippen molar-refractivity contribution in [1.29, 1.82) is 0 Å². The zero-order valence-electron chi connectivity index (χ0n) is 11.0. The lowest BCUT2D eigenvalue weighted by Gasteiger charge is -2.29.